The van der Waals surface area contributed by atoms with Crippen molar-refractivity contribution in [1.29, 1.82) is 0 Å². The predicted molar refractivity (Wildman–Crippen MR) is 84.9 cm³/mol. The van der Waals surface area contributed by atoms with E-state index < -0.39 is 0 Å². The first kappa shape index (κ1) is 11.7. The van der Waals surface area contributed by atoms with Crippen LogP contribution in [0.25, 0.3) is 21.7 Å². The number of hydrogen-bond donors (Lipinski definition) is 1. The molecule has 0 bridgehead atoms. The Kier molecular flexibility index (Phi) is 2.62. The van der Waals surface area contributed by atoms with Gasteiger partial charge in [-0.25, -0.2) is 0 Å². The second kappa shape index (κ2) is 4.48. The molecule has 1 aliphatic carbocycles. The Morgan fingerprint density at radius 3 is 2.60 bits per heavy atom. The van der Waals surface area contributed by atoms with Gasteiger partial charge in [0.15, 0.2) is 0 Å². The molecule has 3 aromatic rings. The van der Waals surface area contributed by atoms with Crippen molar-refractivity contribution < 1.29 is 0 Å². The molecule has 0 saturated heterocycles. The largest absolute Gasteiger partial charge is 0.398 e. The summed E-state index contributed by atoms with van der Waals surface area (Å²) in [7, 11) is 0. The van der Waals surface area contributed by atoms with Crippen molar-refractivity contribution in [3.63, 3.8) is 0 Å². The van der Waals surface area contributed by atoms with Crippen molar-refractivity contribution in [2.75, 3.05) is 5.73 Å². The number of hydrogen-bond acceptors (Lipinski definition) is 2. The summed E-state index contributed by atoms with van der Waals surface area (Å²) in [5.74, 6) is 0.598. The minimum atomic E-state index is 0.598. The summed E-state index contributed by atoms with van der Waals surface area (Å²) in [6.07, 6.45) is 5.14. The first-order valence-corrected chi connectivity index (χ1v) is 7.41. The fourth-order valence-corrected chi connectivity index (χ4v) is 3.44. The van der Waals surface area contributed by atoms with E-state index in [0.29, 0.717) is 5.92 Å². The first-order chi connectivity index (χ1) is 9.83. The van der Waals surface area contributed by atoms with Crippen LogP contribution in [0.3, 0.4) is 0 Å². The Balaban J connectivity index is 2.02. The number of pyridine rings is 1. The van der Waals surface area contributed by atoms with Crippen molar-refractivity contribution in [3.05, 3.63) is 48.2 Å². The highest BCUT2D eigenvalue weighted by Gasteiger charge is 2.19. The minimum absolute atomic E-state index is 0.598. The van der Waals surface area contributed by atoms with Gasteiger partial charge in [-0.3, -0.25) is 4.98 Å². The fraction of sp³-hybridized carbons (Fsp3) is 0.278. The number of nitrogens with two attached hydrogens (primary N) is 1. The van der Waals surface area contributed by atoms with Crippen molar-refractivity contribution in [2.24, 2.45) is 0 Å². The maximum absolute atomic E-state index is 6.28. The number of anilines is 1. The number of aromatic nitrogens is 1. The average molecular weight is 262 g/mol. The summed E-state index contributed by atoms with van der Waals surface area (Å²) in [4.78, 5) is 4.97. The van der Waals surface area contributed by atoms with Gasteiger partial charge in [0.05, 0.1) is 5.52 Å². The summed E-state index contributed by atoms with van der Waals surface area (Å²) in [6, 6.07) is 14.7. The monoisotopic (exact) mass is 262 g/mol. The highest BCUT2D eigenvalue weighted by atomic mass is 14.7. The second-order valence-corrected chi connectivity index (χ2v) is 5.80. The molecule has 4 rings (SSSR count). The van der Waals surface area contributed by atoms with Crippen LogP contribution in [0.1, 0.15) is 37.3 Å². The van der Waals surface area contributed by atoms with Crippen LogP contribution < -0.4 is 5.73 Å². The summed E-state index contributed by atoms with van der Waals surface area (Å²) in [6.45, 7) is 0. The van der Waals surface area contributed by atoms with E-state index in [1.165, 1.54) is 42.1 Å². The average Bonchev–Trinajstić information content (AvgIpc) is 3.01. The maximum Gasteiger partial charge on any atom is 0.0804 e. The van der Waals surface area contributed by atoms with Gasteiger partial charge < -0.3 is 5.73 Å². The highest BCUT2D eigenvalue weighted by molar-refractivity contribution is 6.08. The molecule has 1 aromatic heterocycles. The number of fused-ring (bicyclic) bond motifs is 3. The molecule has 0 spiro atoms. The Bertz CT molecular complexity index is 786. The van der Waals surface area contributed by atoms with Gasteiger partial charge in [-0.2, -0.15) is 0 Å². The van der Waals surface area contributed by atoms with E-state index in [1.807, 2.05) is 0 Å². The standard InChI is InChI=1S/C18H18N2/c19-16-11-17(13-6-1-2-7-13)20-18-14-8-4-3-5-12(14)9-10-15(16)18/h3-5,8-11,13H,1-2,6-7H2,(H2,19,20). The zero-order valence-corrected chi connectivity index (χ0v) is 11.5. The third-order valence-corrected chi connectivity index (χ3v) is 4.53. The van der Waals surface area contributed by atoms with Crippen molar-refractivity contribution >= 4 is 27.4 Å². The molecule has 0 radical (unpaired) electrons. The second-order valence-electron chi connectivity index (χ2n) is 5.80. The molecular formula is C18H18N2. The van der Waals surface area contributed by atoms with E-state index >= 15 is 0 Å². The molecule has 1 saturated carbocycles. The molecule has 2 nitrogen and oxygen atoms in total. The molecule has 0 unspecified atom stereocenters. The number of nitrogens with zero attached hydrogens (tertiary/aromatic N) is 1. The third kappa shape index (κ3) is 1.75. The molecule has 0 aliphatic heterocycles. The molecule has 2 aromatic carbocycles. The van der Waals surface area contributed by atoms with Gasteiger partial charge in [0, 0.05) is 28.1 Å². The highest BCUT2D eigenvalue weighted by Crippen LogP contribution is 2.36. The Morgan fingerprint density at radius 2 is 1.75 bits per heavy atom. The van der Waals surface area contributed by atoms with Crippen LogP contribution in [0.2, 0.25) is 0 Å². The third-order valence-electron chi connectivity index (χ3n) is 4.53. The molecule has 20 heavy (non-hydrogen) atoms. The van der Waals surface area contributed by atoms with E-state index in [1.54, 1.807) is 0 Å². The molecule has 100 valence electrons. The molecule has 2 N–H and O–H groups in total. The Hall–Kier alpha value is -2.09. The summed E-state index contributed by atoms with van der Waals surface area (Å²) in [5, 5.41) is 3.51. The van der Waals surface area contributed by atoms with E-state index in [2.05, 4.69) is 42.5 Å². The molecule has 2 heteroatoms. The van der Waals surface area contributed by atoms with Gasteiger partial charge in [-0.05, 0) is 24.3 Å². The summed E-state index contributed by atoms with van der Waals surface area (Å²) in [5.41, 5.74) is 9.38. The van der Waals surface area contributed by atoms with Gasteiger partial charge in [0.1, 0.15) is 0 Å². The predicted octanol–water partition coefficient (Wildman–Crippen LogP) is 4.63. The van der Waals surface area contributed by atoms with Crippen LogP contribution >= 0.6 is 0 Å². The molecule has 1 fully saturated rings. The van der Waals surface area contributed by atoms with Gasteiger partial charge in [0.25, 0.3) is 0 Å². The molecule has 0 amide bonds. The number of nitrogen functional groups attached to an aromatic ring is 1. The Labute approximate surface area is 118 Å². The molecule has 1 heterocycles. The summed E-state index contributed by atoms with van der Waals surface area (Å²) >= 11 is 0. The zero-order chi connectivity index (χ0) is 13.5. The van der Waals surface area contributed by atoms with Crippen molar-refractivity contribution in [3.8, 4) is 0 Å². The van der Waals surface area contributed by atoms with Crippen molar-refractivity contribution in [2.45, 2.75) is 31.6 Å². The van der Waals surface area contributed by atoms with Crippen LogP contribution in [-0.2, 0) is 0 Å². The van der Waals surface area contributed by atoms with E-state index in [4.69, 9.17) is 10.7 Å². The first-order valence-electron chi connectivity index (χ1n) is 7.41. The fourth-order valence-electron chi connectivity index (χ4n) is 3.44. The van der Waals surface area contributed by atoms with Crippen molar-refractivity contribution in [1.82, 2.24) is 4.98 Å². The van der Waals surface area contributed by atoms with Crippen LogP contribution in [-0.4, -0.2) is 4.98 Å². The lowest BCUT2D eigenvalue weighted by Crippen LogP contribution is -2.00. The quantitative estimate of drug-likeness (QED) is 0.649. The van der Waals surface area contributed by atoms with Gasteiger partial charge in [-0.15, -0.1) is 0 Å². The van der Waals surface area contributed by atoms with E-state index in [-0.39, 0.29) is 0 Å². The number of rotatable bonds is 1. The zero-order valence-electron chi connectivity index (χ0n) is 11.5. The molecular weight excluding hydrogens is 244 g/mol. The van der Waals surface area contributed by atoms with Crippen LogP contribution in [0.4, 0.5) is 5.69 Å². The van der Waals surface area contributed by atoms with Crippen LogP contribution in [0.15, 0.2) is 42.5 Å². The van der Waals surface area contributed by atoms with E-state index in [9.17, 15) is 0 Å². The number of benzene rings is 2. The van der Waals surface area contributed by atoms with Gasteiger partial charge in [0.2, 0.25) is 0 Å². The maximum atomic E-state index is 6.28. The topological polar surface area (TPSA) is 38.9 Å². The smallest absolute Gasteiger partial charge is 0.0804 e. The SMILES string of the molecule is Nc1cc(C2CCCC2)nc2c1ccc1ccccc12. The molecule has 0 atom stereocenters. The van der Waals surface area contributed by atoms with E-state index in [0.717, 1.165) is 16.6 Å². The van der Waals surface area contributed by atoms with Crippen LogP contribution in [0.5, 0.6) is 0 Å². The lowest BCUT2D eigenvalue weighted by molar-refractivity contribution is 0.702. The lowest BCUT2D eigenvalue weighted by atomic mass is 9.99. The minimum Gasteiger partial charge on any atom is -0.398 e. The summed E-state index contributed by atoms with van der Waals surface area (Å²) < 4.78 is 0. The van der Waals surface area contributed by atoms with Gasteiger partial charge in [-0.1, -0.05) is 49.2 Å². The normalized spacial score (nSPS) is 16.2. The van der Waals surface area contributed by atoms with Gasteiger partial charge >= 0.3 is 0 Å². The lowest BCUT2D eigenvalue weighted by Gasteiger charge is -2.13. The Morgan fingerprint density at radius 1 is 0.950 bits per heavy atom. The molecule has 1 aliphatic rings. The van der Waals surface area contributed by atoms with Crippen LogP contribution in [0, 0.1) is 0 Å².